The predicted octanol–water partition coefficient (Wildman–Crippen LogP) is 1.79. The molecular formula is C16H27N3. The van der Waals surface area contributed by atoms with Gasteiger partial charge in [-0.1, -0.05) is 38.1 Å². The fraction of sp³-hybridized carbons (Fsp3) is 0.625. The predicted molar refractivity (Wildman–Crippen MR) is 81.2 cm³/mol. The lowest BCUT2D eigenvalue weighted by Gasteiger charge is -2.29. The van der Waals surface area contributed by atoms with Crippen molar-refractivity contribution in [2.75, 3.05) is 32.7 Å². The highest BCUT2D eigenvalue weighted by molar-refractivity contribution is 5.25. The Hall–Kier alpha value is -0.900. The van der Waals surface area contributed by atoms with Gasteiger partial charge in [0, 0.05) is 38.8 Å². The first-order valence-corrected chi connectivity index (χ1v) is 7.42. The van der Waals surface area contributed by atoms with Crippen molar-refractivity contribution >= 4 is 0 Å². The molecule has 0 aliphatic carbocycles. The summed E-state index contributed by atoms with van der Waals surface area (Å²) in [5, 5.41) is 3.37. The van der Waals surface area contributed by atoms with Crippen LogP contribution in [0, 0.1) is 5.92 Å². The molecule has 106 valence electrons. The van der Waals surface area contributed by atoms with Crippen molar-refractivity contribution in [2.45, 2.75) is 26.3 Å². The summed E-state index contributed by atoms with van der Waals surface area (Å²) in [6, 6.07) is 8.99. The molecule has 1 heterocycles. The molecule has 3 N–H and O–H groups in total. The van der Waals surface area contributed by atoms with E-state index >= 15 is 0 Å². The standard InChI is InChI=1S/C16H27N3/c1-13(2)11-14-3-5-15(6-4-14)16(17)12-19-9-7-18-8-10-19/h3-6,13,16,18H,7-12,17H2,1-2H3. The Morgan fingerprint density at radius 1 is 1.16 bits per heavy atom. The van der Waals surface area contributed by atoms with Crippen LogP contribution in [0.25, 0.3) is 0 Å². The molecule has 19 heavy (non-hydrogen) atoms. The molecular weight excluding hydrogens is 234 g/mol. The Balaban J connectivity index is 1.89. The van der Waals surface area contributed by atoms with Gasteiger partial charge in [-0.25, -0.2) is 0 Å². The third-order valence-electron chi connectivity index (χ3n) is 3.72. The molecule has 1 fully saturated rings. The van der Waals surface area contributed by atoms with Crippen LogP contribution >= 0.6 is 0 Å². The van der Waals surface area contributed by atoms with Crippen LogP contribution in [0.2, 0.25) is 0 Å². The zero-order valence-corrected chi connectivity index (χ0v) is 12.2. The first kappa shape index (κ1) is 14.5. The third kappa shape index (κ3) is 4.60. The second-order valence-corrected chi connectivity index (χ2v) is 6.00. The lowest BCUT2D eigenvalue weighted by atomic mass is 9.99. The Kier molecular flexibility index (Phi) is 5.37. The number of hydrogen-bond acceptors (Lipinski definition) is 3. The Morgan fingerprint density at radius 3 is 2.37 bits per heavy atom. The highest BCUT2D eigenvalue weighted by Crippen LogP contribution is 2.15. The van der Waals surface area contributed by atoms with E-state index in [1.165, 1.54) is 11.1 Å². The minimum absolute atomic E-state index is 0.131. The maximum absolute atomic E-state index is 6.32. The van der Waals surface area contributed by atoms with Gasteiger partial charge in [-0.15, -0.1) is 0 Å². The summed E-state index contributed by atoms with van der Waals surface area (Å²) in [5.74, 6) is 0.709. The van der Waals surface area contributed by atoms with E-state index in [1.54, 1.807) is 0 Å². The molecule has 3 heteroatoms. The van der Waals surface area contributed by atoms with Gasteiger partial charge in [0.05, 0.1) is 0 Å². The van der Waals surface area contributed by atoms with Crippen LogP contribution in [0.3, 0.4) is 0 Å². The summed E-state index contributed by atoms with van der Waals surface area (Å²) in [7, 11) is 0. The third-order valence-corrected chi connectivity index (χ3v) is 3.72. The van der Waals surface area contributed by atoms with E-state index in [4.69, 9.17) is 5.73 Å². The zero-order valence-electron chi connectivity index (χ0n) is 12.2. The molecule has 2 rings (SSSR count). The van der Waals surface area contributed by atoms with Gasteiger partial charge >= 0.3 is 0 Å². The largest absolute Gasteiger partial charge is 0.323 e. The molecule has 1 aliphatic rings. The Morgan fingerprint density at radius 2 is 1.79 bits per heavy atom. The van der Waals surface area contributed by atoms with Gasteiger partial charge < -0.3 is 11.1 Å². The molecule has 1 unspecified atom stereocenters. The Bertz CT molecular complexity index is 366. The van der Waals surface area contributed by atoms with E-state index in [1.807, 2.05) is 0 Å². The molecule has 0 saturated carbocycles. The van der Waals surface area contributed by atoms with E-state index in [0.717, 1.165) is 39.1 Å². The average Bonchev–Trinajstić information content (AvgIpc) is 2.40. The zero-order chi connectivity index (χ0) is 13.7. The summed E-state index contributed by atoms with van der Waals surface area (Å²) in [6.07, 6.45) is 1.15. The van der Waals surface area contributed by atoms with Crippen LogP contribution < -0.4 is 11.1 Å². The second-order valence-electron chi connectivity index (χ2n) is 6.00. The smallest absolute Gasteiger partial charge is 0.0424 e. The van der Waals surface area contributed by atoms with E-state index < -0.39 is 0 Å². The molecule has 1 aromatic carbocycles. The first-order chi connectivity index (χ1) is 9.15. The fourth-order valence-corrected chi connectivity index (χ4v) is 2.65. The Labute approximate surface area is 117 Å². The van der Waals surface area contributed by atoms with Gasteiger partial charge in [-0.2, -0.15) is 0 Å². The van der Waals surface area contributed by atoms with E-state index in [0.29, 0.717) is 5.92 Å². The lowest BCUT2D eigenvalue weighted by Crippen LogP contribution is -2.45. The van der Waals surface area contributed by atoms with Crippen molar-refractivity contribution in [1.29, 1.82) is 0 Å². The van der Waals surface area contributed by atoms with Crippen molar-refractivity contribution in [1.82, 2.24) is 10.2 Å². The molecule has 1 atom stereocenters. The molecule has 0 radical (unpaired) electrons. The van der Waals surface area contributed by atoms with Gasteiger partial charge in [0.1, 0.15) is 0 Å². The molecule has 0 spiro atoms. The maximum Gasteiger partial charge on any atom is 0.0424 e. The van der Waals surface area contributed by atoms with E-state index in [2.05, 4.69) is 48.3 Å². The number of benzene rings is 1. The number of hydrogen-bond donors (Lipinski definition) is 2. The summed E-state index contributed by atoms with van der Waals surface area (Å²) in [5.41, 5.74) is 8.98. The van der Waals surface area contributed by atoms with Crippen LogP contribution in [-0.4, -0.2) is 37.6 Å². The van der Waals surface area contributed by atoms with Gasteiger partial charge in [0.25, 0.3) is 0 Å². The summed E-state index contributed by atoms with van der Waals surface area (Å²) >= 11 is 0. The highest BCUT2D eigenvalue weighted by Gasteiger charge is 2.14. The summed E-state index contributed by atoms with van der Waals surface area (Å²) < 4.78 is 0. The van der Waals surface area contributed by atoms with Gasteiger partial charge in [-0.05, 0) is 23.5 Å². The van der Waals surface area contributed by atoms with E-state index in [-0.39, 0.29) is 6.04 Å². The van der Waals surface area contributed by atoms with Gasteiger partial charge in [-0.3, -0.25) is 4.90 Å². The first-order valence-electron chi connectivity index (χ1n) is 7.42. The van der Waals surface area contributed by atoms with Crippen LogP contribution in [0.1, 0.15) is 31.0 Å². The molecule has 0 bridgehead atoms. The van der Waals surface area contributed by atoms with Crippen molar-refractivity contribution in [3.05, 3.63) is 35.4 Å². The SMILES string of the molecule is CC(C)Cc1ccc(C(N)CN2CCNCC2)cc1. The minimum Gasteiger partial charge on any atom is -0.323 e. The molecule has 0 amide bonds. The second kappa shape index (κ2) is 7.04. The van der Waals surface area contributed by atoms with Crippen molar-refractivity contribution in [2.24, 2.45) is 11.7 Å². The number of nitrogens with two attached hydrogens (primary N) is 1. The quantitative estimate of drug-likeness (QED) is 0.849. The molecule has 3 nitrogen and oxygen atoms in total. The van der Waals surface area contributed by atoms with E-state index in [9.17, 15) is 0 Å². The molecule has 1 aromatic rings. The van der Waals surface area contributed by atoms with Crippen LogP contribution in [-0.2, 0) is 6.42 Å². The number of nitrogens with zero attached hydrogens (tertiary/aromatic N) is 1. The number of nitrogens with one attached hydrogen (secondary N) is 1. The van der Waals surface area contributed by atoms with Crippen LogP contribution in [0.5, 0.6) is 0 Å². The number of rotatable bonds is 5. The minimum atomic E-state index is 0.131. The van der Waals surface area contributed by atoms with Crippen molar-refractivity contribution in [3.63, 3.8) is 0 Å². The lowest BCUT2D eigenvalue weighted by molar-refractivity contribution is 0.228. The summed E-state index contributed by atoms with van der Waals surface area (Å²) in [6.45, 7) is 9.86. The topological polar surface area (TPSA) is 41.3 Å². The average molecular weight is 261 g/mol. The maximum atomic E-state index is 6.32. The molecule has 1 aliphatic heterocycles. The van der Waals surface area contributed by atoms with Gasteiger partial charge in [0.15, 0.2) is 0 Å². The number of piperazine rings is 1. The summed E-state index contributed by atoms with van der Waals surface area (Å²) in [4.78, 5) is 2.45. The van der Waals surface area contributed by atoms with Crippen LogP contribution in [0.4, 0.5) is 0 Å². The molecule has 1 saturated heterocycles. The molecule has 0 aromatic heterocycles. The fourth-order valence-electron chi connectivity index (χ4n) is 2.65. The van der Waals surface area contributed by atoms with Crippen molar-refractivity contribution < 1.29 is 0 Å². The van der Waals surface area contributed by atoms with Crippen molar-refractivity contribution in [3.8, 4) is 0 Å². The monoisotopic (exact) mass is 261 g/mol. The highest BCUT2D eigenvalue weighted by atomic mass is 15.2. The van der Waals surface area contributed by atoms with Crippen LogP contribution in [0.15, 0.2) is 24.3 Å². The van der Waals surface area contributed by atoms with Gasteiger partial charge in [0.2, 0.25) is 0 Å². The normalized spacial score (nSPS) is 18.7.